The maximum atomic E-state index is 5.66. The molecule has 3 aromatic rings. The molecule has 0 atom stereocenters. The molecule has 18 heavy (non-hydrogen) atoms. The lowest BCUT2D eigenvalue weighted by Gasteiger charge is -1.95. The molecule has 0 radical (unpaired) electrons. The second kappa shape index (κ2) is 3.87. The Hall–Kier alpha value is -2.30. The first kappa shape index (κ1) is 10.8. The zero-order valence-electron chi connectivity index (χ0n) is 10.3. The SMILES string of the molecule is CC(C)c1nc2cc(-c3cc(N)n[nH]3)ccc2o1. The fraction of sp³-hybridized carbons (Fsp3) is 0.231. The molecule has 3 rings (SSSR count). The number of nitrogens with two attached hydrogens (primary N) is 1. The van der Waals surface area contributed by atoms with Crippen LogP contribution < -0.4 is 5.73 Å². The van der Waals surface area contributed by atoms with E-state index in [-0.39, 0.29) is 5.92 Å². The molecule has 0 saturated heterocycles. The van der Waals surface area contributed by atoms with Crippen molar-refractivity contribution in [1.29, 1.82) is 0 Å². The number of hydrogen-bond donors (Lipinski definition) is 2. The average Bonchev–Trinajstić information content (AvgIpc) is 2.93. The first-order valence-corrected chi connectivity index (χ1v) is 5.85. The summed E-state index contributed by atoms with van der Waals surface area (Å²) in [5.74, 6) is 1.52. The normalized spacial score (nSPS) is 11.5. The highest BCUT2D eigenvalue weighted by Crippen LogP contribution is 2.26. The second-order valence-corrected chi connectivity index (χ2v) is 4.60. The Morgan fingerprint density at radius 3 is 2.78 bits per heavy atom. The number of fused-ring (bicyclic) bond motifs is 1. The summed E-state index contributed by atoms with van der Waals surface area (Å²) in [6.45, 7) is 4.11. The Bertz CT molecular complexity index is 696. The van der Waals surface area contributed by atoms with Gasteiger partial charge in [0.15, 0.2) is 11.5 Å². The Morgan fingerprint density at radius 1 is 1.28 bits per heavy atom. The van der Waals surface area contributed by atoms with E-state index in [1.807, 2.05) is 18.2 Å². The number of rotatable bonds is 2. The molecule has 3 N–H and O–H groups in total. The molecular weight excluding hydrogens is 228 g/mol. The summed E-state index contributed by atoms with van der Waals surface area (Å²) in [5, 5.41) is 6.80. The van der Waals surface area contributed by atoms with E-state index in [0.717, 1.165) is 28.2 Å². The molecule has 0 spiro atoms. The van der Waals surface area contributed by atoms with Crippen molar-refractivity contribution >= 4 is 16.9 Å². The van der Waals surface area contributed by atoms with Crippen LogP contribution in [0, 0.1) is 0 Å². The first-order valence-electron chi connectivity index (χ1n) is 5.85. The Morgan fingerprint density at radius 2 is 2.11 bits per heavy atom. The molecule has 0 aliphatic carbocycles. The van der Waals surface area contributed by atoms with Gasteiger partial charge < -0.3 is 10.2 Å². The number of aromatic amines is 1. The standard InChI is InChI=1S/C13H14N4O/c1-7(2)13-15-10-5-8(3-4-11(10)18-13)9-6-12(14)17-16-9/h3-7H,1-2H3,(H3,14,16,17). The van der Waals surface area contributed by atoms with Gasteiger partial charge in [-0.3, -0.25) is 5.10 Å². The number of aromatic nitrogens is 3. The lowest BCUT2D eigenvalue weighted by molar-refractivity contribution is 0.501. The van der Waals surface area contributed by atoms with Crippen LogP contribution in [0.4, 0.5) is 5.82 Å². The topological polar surface area (TPSA) is 80.7 Å². The van der Waals surface area contributed by atoms with Gasteiger partial charge in [-0.05, 0) is 18.2 Å². The van der Waals surface area contributed by atoms with Crippen molar-refractivity contribution in [2.45, 2.75) is 19.8 Å². The highest BCUT2D eigenvalue weighted by atomic mass is 16.3. The molecule has 0 amide bonds. The van der Waals surface area contributed by atoms with Gasteiger partial charge in [0.1, 0.15) is 11.3 Å². The third-order valence-corrected chi connectivity index (χ3v) is 2.81. The van der Waals surface area contributed by atoms with E-state index < -0.39 is 0 Å². The van der Waals surface area contributed by atoms with Crippen molar-refractivity contribution in [2.24, 2.45) is 0 Å². The molecule has 1 aromatic carbocycles. The number of H-pyrrole nitrogens is 1. The van der Waals surface area contributed by atoms with Gasteiger partial charge in [0, 0.05) is 17.5 Å². The van der Waals surface area contributed by atoms with Crippen LogP contribution in [0.5, 0.6) is 0 Å². The maximum absolute atomic E-state index is 5.66. The van der Waals surface area contributed by atoms with Crippen molar-refractivity contribution in [3.8, 4) is 11.3 Å². The third kappa shape index (κ3) is 1.73. The molecule has 0 saturated carbocycles. The van der Waals surface area contributed by atoms with Crippen molar-refractivity contribution in [1.82, 2.24) is 15.2 Å². The third-order valence-electron chi connectivity index (χ3n) is 2.81. The van der Waals surface area contributed by atoms with Crippen molar-refractivity contribution in [3.05, 3.63) is 30.2 Å². The van der Waals surface area contributed by atoms with E-state index in [9.17, 15) is 0 Å². The first-order chi connectivity index (χ1) is 8.63. The monoisotopic (exact) mass is 242 g/mol. The van der Waals surface area contributed by atoms with Crippen molar-refractivity contribution < 1.29 is 4.42 Å². The molecule has 5 nitrogen and oxygen atoms in total. The maximum Gasteiger partial charge on any atom is 0.198 e. The van der Waals surface area contributed by atoms with Gasteiger partial charge in [-0.15, -0.1) is 0 Å². The van der Waals surface area contributed by atoms with E-state index in [1.54, 1.807) is 6.07 Å². The number of nitrogens with one attached hydrogen (secondary N) is 1. The predicted octanol–water partition coefficient (Wildman–Crippen LogP) is 2.92. The summed E-state index contributed by atoms with van der Waals surface area (Å²) in [6, 6.07) is 7.65. The van der Waals surface area contributed by atoms with Crippen LogP contribution in [0.3, 0.4) is 0 Å². The summed E-state index contributed by atoms with van der Waals surface area (Å²) in [7, 11) is 0. The van der Waals surface area contributed by atoms with Gasteiger partial charge in [-0.1, -0.05) is 13.8 Å². The largest absolute Gasteiger partial charge is 0.440 e. The van der Waals surface area contributed by atoms with Gasteiger partial charge in [-0.25, -0.2) is 4.98 Å². The predicted molar refractivity (Wildman–Crippen MR) is 70.1 cm³/mol. The number of nitrogens with zero attached hydrogens (tertiary/aromatic N) is 2. The smallest absolute Gasteiger partial charge is 0.198 e. The van der Waals surface area contributed by atoms with Crippen molar-refractivity contribution in [2.75, 3.05) is 5.73 Å². The minimum absolute atomic E-state index is 0.281. The van der Waals surface area contributed by atoms with E-state index in [1.165, 1.54) is 0 Å². The fourth-order valence-electron chi connectivity index (χ4n) is 1.84. The van der Waals surface area contributed by atoms with Gasteiger partial charge in [-0.2, -0.15) is 5.10 Å². The van der Waals surface area contributed by atoms with E-state index in [0.29, 0.717) is 5.82 Å². The Kier molecular flexibility index (Phi) is 2.33. The lowest BCUT2D eigenvalue weighted by Crippen LogP contribution is -1.84. The molecular formula is C13H14N4O. The van der Waals surface area contributed by atoms with Crippen LogP contribution >= 0.6 is 0 Å². The van der Waals surface area contributed by atoms with Crippen LogP contribution in [0.25, 0.3) is 22.4 Å². The minimum Gasteiger partial charge on any atom is -0.440 e. The number of hydrogen-bond acceptors (Lipinski definition) is 4. The number of nitrogen functional groups attached to an aromatic ring is 1. The van der Waals surface area contributed by atoms with Crippen LogP contribution in [0.15, 0.2) is 28.7 Å². The number of anilines is 1. The number of benzene rings is 1. The molecule has 0 aliphatic rings. The highest BCUT2D eigenvalue weighted by Gasteiger charge is 2.10. The van der Waals surface area contributed by atoms with Gasteiger partial charge in [0.2, 0.25) is 0 Å². The molecule has 5 heteroatoms. The van der Waals surface area contributed by atoms with E-state index in [2.05, 4.69) is 29.0 Å². The summed E-state index contributed by atoms with van der Waals surface area (Å²) < 4.78 is 5.66. The van der Waals surface area contributed by atoms with Gasteiger partial charge in [0.25, 0.3) is 0 Å². The van der Waals surface area contributed by atoms with E-state index in [4.69, 9.17) is 10.2 Å². The molecule has 0 bridgehead atoms. The van der Waals surface area contributed by atoms with Crippen LogP contribution in [-0.4, -0.2) is 15.2 Å². The van der Waals surface area contributed by atoms with Gasteiger partial charge >= 0.3 is 0 Å². The second-order valence-electron chi connectivity index (χ2n) is 4.60. The Balaban J connectivity index is 2.10. The molecule has 0 unspecified atom stereocenters. The fourth-order valence-corrected chi connectivity index (χ4v) is 1.84. The summed E-state index contributed by atoms with van der Waals surface area (Å²) in [5.41, 5.74) is 9.12. The summed E-state index contributed by atoms with van der Waals surface area (Å²) in [6.07, 6.45) is 0. The quantitative estimate of drug-likeness (QED) is 0.724. The molecule has 0 aliphatic heterocycles. The van der Waals surface area contributed by atoms with Crippen LogP contribution in [0.2, 0.25) is 0 Å². The van der Waals surface area contributed by atoms with Crippen molar-refractivity contribution in [3.63, 3.8) is 0 Å². The molecule has 2 aromatic heterocycles. The lowest BCUT2D eigenvalue weighted by atomic mass is 10.1. The summed E-state index contributed by atoms with van der Waals surface area (Å²) >= 11 is 0. The summed E-state index contributed by atoms with van der Waals surface area (Å²) in [4.78, 5) is 4.47. The highest BCUT2D eigenvalue weighted by molar-refractivity contribution is 5.79. The Labute approximate surface area is 104 Å². The molecule has 0 fully saturated rings. The minimum atomic E-state index is 0.281. The van der Waals surface area contributed by atoms with Crippen LogP contribution in [-0.2, 0) is 0 Å². The van der Waals surface area contributed by atoms with Gasteiger partial charge in [0.05, 0.1) is 5.69 Å². The zero-order chi connectivity index (χ0) is 12.7. The van der Waals surface area contributed by atoms with E-state index >= 15 is 0 Å². The molecule has 92 valence electrons. The zero-order valence-corrected chi connectivity index (χ0v) is 10.3. The average molecular weight is 242 g/mol. The molecule has 2 heterocycles. The number of oxazole rings is 1. The van der Waals surface area contributed by atoms with Crippen LogP contribution in [0.1, 0.15) is 25.7 Å².